The maximum absolute atomic E-state index is 11.3. The molecule has 3 heteroatoms. The predicted octanol–water partition coefficient (Wildman–Crippen LogP) is 2.11. The summed E-state index contributed by atoms with van der Waals surface area (Å²) in [4.78, 5) is 11.3. The van der Waals surface area contributed by atoms with Gasteiger partial charge in [-0.1, -0.05) is 25.1 Å². The first-order valence-corrected chi connectivity index (χ1v) is 5.16. The van der Waals surface area contributed by atoms with Gasteiger partial charge in [-0.2, -0.15) is 0 Å². The fourth-order valence-corrected chi connectivity index (χ4v) is 1.36. The van der Waals surface area contributed by atoms with E-state index in [2.05, 4.69) is 5.32 Å². The highest BCUT2D eigenvalue weighted by Crippen LogP contribution is 2.16. The molecule has 1 amide bonds. The maximum Gasteiger partial charge on any atom is 0.220 e. The molecule has 0 aromatic heterocycles. The van der Waals surface area contributed by atoms with Gasteiger partial charge in [-0.3, -0.25) is 4.79 Å². The molecule has 0 aliphatic heterocycles. The van der Waals surface area contributed by atoms with Crippen LogP contribution >= 0.6 is 0 Å². The van der Waals surface area contributed by atoms with Crippen molar-refractivity contribution in [3.05, 3.63) is 29.8 Å². The summed E-state index contributed by atoms with van der Waals surface area (Å²) >= 11 is 0. The van der Waals surface area contributed by atoms with Crippen LogP contribution in [-0.4, -0.2) is 13.0 Å². The molecule has 15 heavy (non-hydrogen) atoms. The van der Waals surface area contributed by atoms with E-state index in [-0.39, 0.29) is 5.91 Å². The minimum absolute atomic E-state index is 0.0865. The number of nitrogens with one attached hydrogen (secondary N) is 1. The molecule has 0 bridgehead atoms. The molecule has 1 aromatic carbocycles. The van der Waals surface area contributed by atoms with Gasteiger partial charge in [0.15, 0.2) is 0 Å². The lowest BCUT2D eigenvalue weighted by Crippen LogP contribution is -2.22. The Balaban J connectivity index is 2.53. The third-order valence-corrected chi connectivity index (χ3v) is 2.15. The van der Waals surface area contributed by atoms with Crippen LogP contribution in [0.15, 0.2) is 24.3 Å². The summed E-state index contributed by atoms with van der Waals surface area (Å²) in [6, 6.07) is 7.69. The quantitative estimate of drug-likeness (QED) is 0.803. The summed E-state index contributed by atoms with van der Waals surface area (Å²) in [5.41, 5.74) is 1.00. The van der Waals surface area contributed by atoms with Crippen LogP contribution in [0.5, 0.6) is 5.75 Å². The zero-order chi connectivity index (χ0) is 11.1. The second-order valence-corrected chi connectivity index (χ2v) is 3.34. The van der Waals surface area contributed by atoms with Gasteiger partial charge in [0.1, 0.15) is 5.75 Å². The summed E-state index contributed by atoms with van der Waals surface area (Å²) in [6.45, 7) is 2.52. The number of amides is 1. The van der Waals surface area contributed by atoms with Crippen molar-refractivity contribution in [3.8, 4) is 5.75 Å². The minimum atomic E-state index is 0.0865. The first-order chi connectivity index (χ1) is 7.27. The summed E-state index contributed by atoms with van der Waals surface area (Å²) in [7, 11) is 1.63. The molecule has 0 aliphatic carbocycles. The van der Waals surface area contributed by atoms with Crippen LogP contribution in [0.25, 0.3) is 0 Å². The van der Waals surface area contributed by atoms with E-state index in [0.717, 1.165) is 17.7 Å². The van der Waals surface area contributed by atoms with Crippen LogP contribution in [0.4, 0.5) is 0 Å². The van der Waals surface area contributed by atoms with Crippen molar-refractivity contribution < 1.29 is 9.53 Å². The fourth-order valence-electron chi connectivity index (χ4n) is 1.36. The summed E-state index contributed by atoms with van der Waals surface area (Å²) in [5, 5.41) is 2.86. The maximum atomic E-state index is 11.3. The van der Waals surface area contributed by atoms with Gasteiger partial charge in [-0.05, 0) is 12.5 Å². The van der Waals surface area contributed by atoms with E-state index in [1.54, 1.807) is 7.11 Å². The standard InChI is InChI=1S/C12H17NO2/c1-3-6-12(14)13-9-10-7-4-5-8-11(10)15-2/h4-5,7-8H,3,6,9H2,1-2H3,(H,13,14). The van der Waals surface area contributed by atoms with E-state index < -0.39 is 0 Å². The normalized spacial score (nSPS) is 9.73. The average Bonchev–Trinajstić information content (AvgIpc) is 2.27. The molecule has 0 atom stereocenters. The van der Waals surface area contributed by atoms with Crippen molar-refractivity contribution in [3.63, 3.8) is 0 Å². The zero-order valence-electron chi connectivity index (χ0n) is 9.25. The highest BCUT2D eigenvalue weighted by Gasteiger charge is 2.03. The number of carbonyl (C=O) groups is 1. The Labute approximate surface area is 90.4 Å². The molecule has 3 nitrogen and oxygen atoms in total. The van der Waals surface area contributed by atoms with E-state index >= 15 is 0 Å². The zero-order valence-corrected chi connectivity index (χ0v) is 9.25. The van der Waals surface area contributed by atoms with Crippen molar-refractivity contribution in [2.75, 3.05) is 7.11 Å². The Hall–Kier alpha value is -1.51. The first-order valence-electron chi connectivity index (χ1n) is 5.16. The van der Waals surface area contributed by atoms with Crippen molar-refractivity contribution in [2.24, 2.45) is 0 Å². The second kappa shape index (κ2) is 6.06. The molecule has 0 aliphatic rings. The lowest BCUT2D eigenvalue weighted by molar-refractivity contribution is -0.121. The Morgan fingerprint density at radius 3 is 2.80 bits per heavy atom. The van der Waals surface area contributed by atoms with Crippen molar-refractivity contribution >= 4 is 5.91 Å². The first kappa shape index (κ1) is 11.6. The van der Waals surface area contributed by atoms with Gasteiger partial charge in [0.25, 0.3) is 0 Å². The third-order valence-electron chi connectivity index (χ3n) is 2.15. The number of hydrogen-bond donors (Lipinski definition) is 1. The molecule has 1 N–H and O–H groups in total. The van der Waals surface area contributed by atoms with Gasteiger partial charge in [0.05, 0.1) is 7.11 Å². The molecule has 0 unspecified atom stereocenters. The number of methoxy groups -OCH3 is 1. The van der Waals surface area contributed by atoms with E-state index in [0.29, 0.717) is 13.0 Å². The molecule has 0 saturated heterocycles. The summed E-state index contributed by atoms with van der Waals surface area (Å²) in [5.74, 6) is 0.901. The van der Waals surface area contributed by atoms with Crippen LogP contribution in [0.1, 0.15) is 25.3 Å². The van der Waals surface area contributed by atoms with E-state index in [1.807, 2.05) is 31.2 Å². The van der Waals surface area contributed by atoms with Gasteiger partial charge < -0.3 is 10.1 Å². The van der Waals surface area contributed by atoms with Gasteiger partial charge in [-0.25, -0.2) is 0 Å². The molecule has 0 spiro atoms. The number of carbonyl (C=O) groups excluding carboxylic acids is 1. The number of para-hydroxylation sites is 1. The van der Waals surface area contributed by atoms with Crippen LogP contribution in [0, 0.1) is 0 Å². The summed E-state index contributed by atoms with van der Waals surface area (Å²) < 4.78 is 5.19. The molecule has 82 valence electrons. The third kappa shape index (κ3) is 3.62. The SMILES string of the molecule is CCCC(=O)NCc1ccccc1OC. The van der Waals surface area contributed by atoms with Gasteiger partial charge in [-0.15, -0.1) is 0 Å². The summed E-state index contributed by atoms with van der Waals surface area (Å²) in [6.07, 6.45) is 1.45. The largest absolute Gasteiger partial charge is 0.496 e. The fraction of sp³-hybridized carbons (Fsp3) is 0.417. The van der Waals surface area contributed by atoms with E-state index in [9.17, 15) is 4.79 Å². The highest BCUT2D eigenvalue weighted by molar-refractivity contribution is 5.75. The molecule has 0 radical (unpaired) electrons. The van der Waals surface area contributed by atoms with Gasteiger partial charge in [0.2, 0.25) is 5.91 Å². The smallest absolute Gasteiger partial charge is 0.220 e. The van der Waals surface area contributed by atoms with Crippen LogP contribution in [0.3, 0.4) is 0 Å². The predicted molar refractivity (Wildman–Crippen MR) is 59.7 cm³/mol. The van der Waals surface area contributed by atoms with E-state index in [4.69, 9.17) is 4.74 Å². The molecular weight excluding hydrogens is 190 g/mol. The molecule has 1 rings (SSSR count). The Bertz CT molecular complexity index is 323. The van der Waals surface area contributed by atoms with Crippen molar-refractivity contribution in [2.45, 2.75) is 26.3 Å². The Kier molecular flexibility index (Phi) is 4.68. The molecule has 1 aromatic rings. The second-order valence-electron chi connectivity index (χ2n) is 3.34. The van der Waals surface area contributed by atoms with Crippen LogP contribution in [-0.2, 0) is 11.3 Å². The average molecular weight is 207 g/mol. The number of hydrogen-bond acceptors (Lipinski definition) is 2. The number of rotatable bonds is 5. The lowest BCUT2D eigenvalue weighted by Gasteiger charge is -2.08. The van der Waals surface area contributed by atoms with Gasteiger partial charge in [0, 0.05) is 18.5 Å². The number of benzene rings is 1. The molecule has 0 fully saturated rings. The number of ether oxygens (including phenoxy) is 1. The minimum Gasteiger partial charge on any atom is -0.496 e. The highest BCUT2D eigenvalue weighted by atomic mass is 16.5. The van der Waals surface area contributed by atoms with Crippen molar-refractivity contribution in [1.82, 2.24) is 5.32 Å². The molecular formula is C12H17NO2. The van der Waals surface area contributed by atoms with Crippen LogP contribution < -0.4 is 10.1 Å². The van der Waals surface area contributed by atoms with E-state index in [1.165, 1.54) is 0 Å². The van der Waals surface area contributed by atoms with Gasteiger partial charge >= 0.3 is 0 Å². The monoisotopic (exact) mass is 207 g/mol. The Morgan fingerprint density at radius 1 is 1.40 bits per heavy atom. The Morgan fingerprint density at radius 2 is 2.13 bits per heavy atom. The van der Waals surface area contributed by atoms with Crippen LogP contribution in [0.2, 0.25) is 0 Å². The topological polar surface area (TPSA) is 38.3 Å². The van der Waals surface area contributed by atoms with Crippen molar-refractivity contribution in [1.29, 1.82) is 0 Å². The molecule has 0 saturated carbocycles. The molecule has 0 heterocycles. The lowest BCUT2D eigenvalue weighted by atomic mass is 10.2.